The first-order valence-electron chi connectivity index (χ1n) is 15.5. The third kappa shape index (κ3) is 8.20. The minimum Gasteiger partial charge on any atom is -0.352 e. The Balaban J connectivity index is 1.67. The molecule has 224 valence electrons. The first-order valence-corrected chi connectivity index (χ1v) is 15.5. The Morgan fingerprint density at radius 1 is 0.833 bits per heavy atom. The highest BCUT2D eigenvalue weighted by atomic mass is 16.2. The molecule has 42 heavy (non-hydrogen) atoms. The molecule has 0 aliphatic carbocycles. The van der Waals surface area contributed by atoms with E-state index in [1.807, 2.05) is 42.5 Å². The second-order valence-corrected chi connectivity index (χ2v) is 11.1. The lowest BCUT2D eigenvalue weighted by molar-refractivity contribution is -0.00247. The zero-order chi connectivity index (χ0) is 29.7. The summed E-state index contributed by atoms with van der Waals surface area (Å²) in [6, 6.07) is 30.5. The molecule has 0 aromatic heterocycles. The van der Waals surface area contributed by atoms with Gasteiger partial charge in [0.15, 0.2) is 0 Å². The molecule has 0 bridgehead atoms. The maximum atomic E-state index is 13.2. The van der Waals surface area contributed by atoms with Crippen molar-refractivity contribution >= 4 is 11.9 Å². The molecule has 1 saturated heterocycles. The van der Waals surface area contributed by atoms with Crippen molar-refractivity contribution in [3.05, 3.63) is 108 Å². The van der Waals surface area contributed by atoms with Crippen LogP contribution in [0.25, 0.3) is 0 Å². The highest BCUT2D eigenvalue weighted by molar-refractivity contribution is 5.94. The van der Waals surface area contributed by atoms with Gasteiger partial charge in [0.1, 0.15) is 0 Å². The van der Waals surface area contributed by atoms with Crippen molar-refractivity contribution in [3.8, 4) is 0 Å². The number of carbonyl (C=O) groups is 2. The van der Waals surface area contributed by atoms with Gasteiger partial charge in [0.25, 0.3) is 5.91 Å². The van der Waals surface area contributed by atoms with E-state index in [9.17, 15) is 9.59 Å². The van der Waals surface area contributed by atoms with Crippen molar-refractivity contribution in [1.82, 2.24) is 25.8 Å². The predicted molar refractivity (Wildman–Crippen MR) is 170 cm³/mol. The molecule has 0 saturated carbocycles. The average Bonchev–Trinajstić information content (AvgIpc) is 3.03. The minimum absolute atomic E-state index is 0.0359. The SMILES string of the molecule is CCCCNC(=O)NC1CC(CNC(=O)c2ccccc2)C(N(CC)CC)CN1C(c1ccccc1)c1ccccc1. The molecule has 7 nitrogen and oxygen atoms in total. The largest absolute Gasteiger partial charge is 0.352 e. The summed E-state index contributed by atoms with van der Waals surface area (Å²) < 4.78 is 0. The zero-order valence-electron chi connectivity index (χ0n) is 25.3. The lowest BCUT2D eigenvalue weighted by Crippen LogP contribution is -2.63. The molecule has 4 rings (SSSR count). The minimum atomic E-state index is -0.220. The Labute approximate surface area is 251 Å². The molecular formula is C35H47N5O2. The standard InChI is InChI=1S/C35H47N5O2/c1-4-7-23-36-35(42)38-32-24-30(25-37-34(41)29-21-15-10-16-22-29)31(39(5-2)6-3)26-40(32)33(27-17-11-8-12-18-27)28-19-13-9-14-20-28/h8-22,30-33H,4-7,23-26H2,1-3H3,(H,37,41)(H2,36,38,42). The smallest absolute Gasteiger partial charge is 0.316 e. The van der Waals surface area contributed by atoms with Crippen molar-refractivity contribution in [2.45, 2.75) is 58.3 Å². The van der Waals surface area contributed by atoms with Gasteiger partial charge >= 0.3 is 6.03 Å². The van der Waals surface area contributed by atoms with Gasteiger partial charge in [0.2, 0.25) is 0 Å². The van der Waals surface area contributed by atoms with E-state index >= 15 is 0 Å². The van der Waals surface area contributed by atoms with Gasteiger partial charge < -0.3 is 16.0 Å². The van der Waals surface area contributed by atoms with Crippen LogP contribution in [0, 0.1) is 5.92 Å². The number of nitrogens with zero attached hydrogens (tertiary/aromatic N) is 2. The van der Waals surface area contributed by atoms with E-state index in [1.165, 1.54) is 11.1 Å². The molecular weight excluding hydrogens is 522 g/mol. The van der Waals surface area contributed by atoms with E-state index in [4.69, 9.17) is 0 Å². The number of likely N-dealkylation sites (N-methyl/N-ethyl adjacent to an activating group) is 1. The molecule has 3 amide bonds. The van der Waals surface area contributed by atoms with Crippen molar-refractivity contribution < 1.29 is 9.59 Å². The molecule has 7 heteroatoms. The number of benzene rings is 3. The summed E-state index contributed by atoms with van der Waals surface area (Å²) >= 11 is 0. The monoisotopic (exact) mass is 569 g/mol. The zero-order valence-corrected chi connectivity index (χ0v) is 25.3. The molecule has 0 spiro atoms. The van der Waals surface area contributed by atoms with Crippen LogP contribution < -0.4 is 16.0 Å². The first-order chi connectivity index (χ1) is 20.5. The van der Waals surface area contributed by atoms with Gasteiger partial charge in [-0.1, -0.05) is 106 Å². The summed E-state index contributed by atoms with van der Waals surface area (Å²) in [6.45, 7) is 10.3. The van der Waals surface area contributed by atoms with Crippen LogP contribution in [0.1, 0.15) is 67.6 Å². The normalized spacial score (nSPS) is 19.0. The van der Waals surface area contributed by atoms with Crippen LogP contribution in [0.2, 0.25) is 0 Å². The van der Waals surface area contributed by atoms with Crippen LogP contribution >= 0.6 is 0 Å². The quantitative estimate of drug-likeness (QED) is 0.232. The van der Waals surface area contributed by atoms with Crippen molar-refractivity contribution in [2.24, 2.45) is 5.92 Å². The van der Waals surface area contributed by atoms with Gasteiger partial charge in [-0.3, -0.25) is 14.6 Å². The third-order valence-corrected chi connectivity index (χ3v) is 8.39. The molecule has 1 heterocycles. The number of hydrogen-bond acceptors (Lipinski definition) is 4. The Bertz CT molecular complexity index is 1180. The number of unbranched alkanes of at least 4 members (excludes halogenated alkanes) is 1. The van der Waals surface area contributed by atoms with E-state index in [-0.39, 0.29) is 36.1 Å². The van der Waals surface area contributed by atoms with Gasteiger partial charge in [-0.15, -0.1) is 0 Å². The Kier molecular flexibility index (Phi) is 12.0. The second-order valence-electron chi connectivity index (χ2n) is 11.1. The highest BCUT2D eigenvalue weighted by Gasteiger charge is 2.42. The van der Waals surface area contributed by atoms with Crippen molar-refractivity contribution in [2.75, 3.05) is 32.7 Å². The van der Waals surface area contributed by atoms with Crippen LogP contribution in [-0.4, -0.2) is 66.7 Å². The highest BCUT2D eigenvalue weighted by Crippen LogP contribution is 2.36. The summed E-state index contributed by atoms with van der Waals surface area (Å²) in [6.07, 6.45) is 2.46. The van der Waals surface area contributed by atoms with E-state index in [0.717, 1.165) is 32.5 Å². The number of likely N-dealkylation sites (tertiary alicyclic amines) is 1. The topological polar surface area (TPSA) is 76.7 Å². The first kappa shape index (κ1) is 31.3. The number of amides is 3. The molecule has 3 aromatic carbocycles. The summed E-state index contributed by atoms with van der Waals surface area (Å²) in [5.41, 5.74) is 3.04. The van der Waals surface area contributed by atoms with Crippen LogP contribution in [0.4, 0.5) is 4.79 Å². The van der Waals surface area contributed by atoms with Gasteiger partial charge in [-0.05, 0) is 55.1 Å². The fraction of sp³-hybridized carbons (Fsp3) is 0.429. The van der Waals surface area contributed by atoms with Crippen LogP contribution in [0.15, 0.2) is 91.0 Å². The van der Waals surface area contributed by atoms with Gasteiger partial charge in [0.05, 0.1) is 12.2 Å². The Morgan fingerprint density at radius 2 is 1.40 bits per heavy atom. The van der Waals surface area contributed by atoms with E-state index in [2.05, 4.69) is 95.1 Å². The molecule has 3 N–H and O–H groups in total. The summed E-state index contributed by atoms with van der Waals surface area (Å²) in [5, 5.41) is 9.61. The molecule has 0 radical (unpaired) electrons. The molecule has 1 aliphatic rings. The molecule has 1 fully saturated rings. The lowest BCUT2D eigenvalue weighted by Gasteiger charge is -2.50. The molecule has 3 atom stereocenters. The number of urea groups is 1. The lowest BCUT2D eigenvalue weighted by atomic mass is 9.85. The second kappa shape index (κ2) is 16.1. The molecule has 1 aliphatic heterocycles. The fourth-order valence-corrected chi connectivity index (χ4v) is 6.17. The van der Waals surface area contributed by atoms with E-state index in [0.29, 0.717) is 25.1 Å². The van der Waals surface area contributed by atoms with Crippen LogP contribution in [0.5, 0.6) is 0 Å². The summed E-state index contributed by atoms with van der Waals surface area (Å²) in [4.78, 5) is 31.2. The fourth-order valence-electron chi connectivity index (χ4n) is 6.17. The van der Waals surface area contributed by atoms with Crippen molar-refractivity contribution in [3.63, 3.8) is 0 Å². The van der Waals surface area contributed by atoms with Crippen LogP contribution in [0.3, 0.4) is 0 Å². The van der Waals surface area contributed by atoms with Gasteiger partial charge in [-0.25, -0.2) is 4.79 Å². The molecule has 3 unspecified atom stereocenters. The van der Waals surface area contributed by atoms with E-state index < -0.39 is 0 Å². The number of piperidine rings is 1. The number of nitrogens with one attached hydrogen (secondary N) is 3. The maximum Gasteiger partial charge on any atom is 0.316 e. The van der Waals surface area contributed by atoms with E-state index in [1.54, 1.807) is 0 Å². The van der Waals surface area contributed by atoms with Crippen LogP contribution in [-0.2, 0) is 0 Å². The maximum absolute atomic E-state index is 13.2. The predicted octanol–water partition coefficient (Wildman–Crippen LogP) is 5.66. The van der Waals surface area contributed by atoms with Gasteiger partial charge in [0, 0.05) is 31.2 Å². The van der Waals surface area contributed by atoms with Gasteiger partial charge in [-0.2, -0.15) is 0 Å². The Morgan fingerprint density at radius 3 is 1.95 bits per heavy atom. The third-order valence-electron chi connectivity index (χ3n) is 8.39. The number of rotatable bonds is 13. The summed E-state index contributed by atoms with van der Waals surface area (Å²) in [7, 11) is 0. The Hall–Kier alpha value is -3.68. The van der Waals surface area contributed by atoms with Crippen molar-refractivity contribution in [1.29, 1.82) is 0 Å². The number of hydrogen-bond donors (Lipinski definition) is 3. The number of carbonyl (C=O) groups excluding carboxylic acids is 2. The molecule has 3 aromatic rings. The summed E-state index contributed by atoms with van der Waals surface area (Å²) in [5.74, 6) is 0.0894. The average molecular weight is 570 g/mol.